The minimum absolute atomic E-state index is 0.584. The number of nitrogens with two attached hydrogens (primary N) is 1. The number of hydrogen-bond donors (Lipinski definition) is 1. The van der Waals surface area contributed by atoms with E-state index in [0.717, 1.165) is 28.0 Å². The molecular weight excluding hydrogens is 260 g/mol. The molecular formula is C17H16N4. The Hall–Kier alpha value is -2.88. The van der Waals surface area contributed by atoms with E-state index >= 15 is 0 Å². The van der Waals surface area contributed by atoms with E-state index in [0.29, 0.717) is 5.95 Å². The molecule has 21 heavy (non-hydrogen) atoms. The van der Waals surface area contributed by atoms with Crippen molar-refractivity contribution < 1.29 is 0 Å². The van der Waals surface area contributed by atoms with Crippen molar-refractivity contribution in [2.24, 2.45) is 4.99 Å². The Labute approximate surface area is 123 Å². The van der Waals surface area contributed by atoms with Crippen molar-refractivity contribution in [3.63, 3.8) is 0 Å². The summed E-state index contributed by atoms with van der Waals surface area (Å²) in [6, 6.07) is 15.7. The number of rotatable bonds is 3. The second-order valence-electron chi connectivity index (χ2n) is 4.69. The molecule has 0 aliphatic carbocycles. The summed E-state index contributed by atoms with van der Waals surface area (Å²) >= 11 is 0. The van der Waals surface area contributed by atoms with E-state index in [2.05, 4.69) is 16.7 Å². The molecule has 4 heteroatoms. The van der Waals surface area contributed by atoms with E-state index in [1.165, 1.54) is 0 Å². The number of nitrogen functional groups attached to an aromatic ring is 1. The van der Waals surface area contributed by atoms with Crippen LogP contribution in [0.25, 0.3) is 16.7 Å². The number of hydrogen-bond acceptors (Lipinski definition) is 3. The van der Waals surface area contributed by atoms with E-state index < -0.39 is 0 Å². The Morgan fingerprint density at radius 2 is 1.90 bits per heavy atom. The molecule has 1 aromatic heterocycles. The number of allylic oxidation sites excluding steroid dienone is 1. The number of aromatic nitrogens is 2. The van der Waals surface area contributed by atoms with Gasteiger partial charge in [0.05, 0.1) is 16.7 Å². The van der Waals surface area contributed by atoms with Gasteiger partial charge in [-0.2, -0.15) is 0 Å². The third-order valence-electron chi connectivity index (χ3n) is 3.41. The van der Waals surface area contributed by atoms with E-state index in [4.69, 9.17) is 5.73 Å². The van der Waals surface area contributed by atoms with Gasteiger partial charge in [-0.1, -0.05) is 30.3 Å². The Morgan fingerprint density at radius 1 is 1.19 bits per heavy atom. The Balaban J connectivity index is 2.26. The van der Waals surface area contributed by atoms with Crippen LogP contribution in [-0.4, -0.2) is 16.3 Å². The van der Waals surface area contributed by atoms with E-state index in [9.17, 15) is 0 Å². The largest absolute Gasteiger partial charge is 0.399 e. The molecule has 2 aromatic carbocycles. The first kappa shape index (κ1) is 13.1. The normalized spacial score (nSPS) is 11.8. The highest BCUT2D eigenvalue weighted by Gasteiger charge is 2.13. The van der Waals surface area contributed by atoms with Crippen LogP contribution in [0, 0.1) is 0 Å². The maximum atomic E-state index is 5.77. The van der Waals surface area contributed by atoms with Crippen LogP contribution in [0.2, 0.25) is 0 Å². The van der Waals surface area contributed by atoms with Gasteiger partial charge in [0.2, 0.25) is 5.95 Å². The van der Waals surface area contributed by atoms with Crippen LogP contribution in [0.1, 0.15) is 12.5 Å². The molecule has 104 valence electrons. The molecule has 0 bridgehead atoms. The molecule has 0 radical (unpaired) electrons. The molecule has 0 saturated carbocycles. The van der Waals surface area contributed by atoms with Crippen LogP contribution in [-0.2, 0) is 0 Å². The van der Waals surface area contributed by atoms with Gasteiger partial charge in [-0.25, -0.2) is 9.98 Å². The van der Waals surface area contributed by atoms with Gasteiger partial charge in [0, 0.05) is 5.69 Å². The van der Waals surface area contributed by atoms with Crippen LogP contribution >= 0.6 is 0 Å². The SMILES string of the molecule is C=Nc1nc2ccccc2n1/C(=C\C)c1ccc(N)cc1. The summed E-state index contributed by atoms with van der Waals surface area (Å²) in [6.07, 6.45) is 2.04. The average molecular weight is 276 g/mol. The molecule has 0 saturated heterocycles. The lowest BCUT2D eigenvalue weighted by Gasteiger charge is -2.12. The zero-order chi connectivity index (χ0) is 14.8. The number of para-hydroxylation sites is 2. The fraction of sp³-hybridized carbons (Fsp3) is 0.0588. The first-order valence-corrected chi connectivity index (χ1v) is 6.71. The summed E-state index contributed by atoms with van der Waals surface area (Å²) in [7, 11) is 0. The molecule has 0 aliphatic heterocycles. The Morgan fingerprint density at radius 3 is 2.57 bits per heavy atom. The van der Waals surface area contributed by atoms with Crippen molar-refractivity contribution in [2.75, 3.05) is 5.73 Å². The third kappa shape index (κ3) is 2.21. The fourth-order valence-electron chi connectivity index (χ4n) is 2.44. The second kappa shape index (κ2) is 5.25. The Bertz CT molecular complexity index is 826. The number of fused-ring (bicyclic) bond motifs is 1. The van der Waals surface area contributed by atoms with Gasteiger partial charge >= 0.3 is 0 Å². The van der Waals surface area contributed by atoms with Gasteiger partial charge in [-0.15, -0.1) is 0 Å². The number of nitrogens with zero attached hydrogens (tertiary/aromatic N) is 3. The number of benzene rings is 2. The van der Waals surface area contributed by atoms with Gasteiger partial charge in [0.25, 0.3) is 0 Å². The zero-order valence-electron chi connectivity index (χ0n) is 11.8. The lowest BCUT2D eigenvalue weighted by molar-refractivity contribution is 1.10. The molecule has 0 unspecified atom stereocenters. The summed E-state index contributed by atoms with van der Waals surface area (Å²) in [5.41, 5.74) is 10.5. The molecule has 3 aromatic rings. The van der Waals surface area contributed by atoms with Crippen LogP contribution < -0.4 is 5.73 Å². The minimum Gasteiger partial charge on any atom is -0.399 e. The summed E-state index contributed by atoms with van der Waals surface area (Å²) in [5, 5.41) is 0. The zero-order valence-corrected chi connectivity index (χ0v) is 11.8. The third-order valence-corrected chi connectivity index (χ3v) is 3.41. The molecule has 2 N–H and O–H groups in total. The average Bonchev–Trinajstić information content (AvgIpc) is 2.89. The summed E-state index contributed by atoms with van der Waals surface area (Å²) in [4.78, 5) is 8.57. The van der Waals surface area contributed by atoms with Gasteiger partial charge in [-0.3, -0.25) is 4.57 Å². The molecule has 3 rings (SSSR count). The molecule has 0 atom stereocenters. The van der Waals surface area contributed by atoms with Crippen molar-refractivity contribution in [3.05, 3.63) is 60.2 Å². The maximum Gasteiger partial charge on any atom is 0.234 e. The predicted molar refractivity (Wildman–Crippen MR) is 88.8 cm³/mol. The van der Waals surface area contributed by atoms with Crippen molar-refractivity contribution in [1.29, 1.82) is 0 Å². The van der Waals surface area contributed by atoms with E-state index in [1.54, 1.807) is 0 Å². The highest BCUT2D eigenvalue weighted by molar-refractivity contribution is 5.86. The maximum absolute atomic E-state index is 5.77. The monoisotopic (exact) mass is 276 g/mol. The van der Waals surface area contributed by atoms with Crippen molar-refractivity contribution in [3.8, 4) is 0 Å². The first-order valence-electron chi connectivity index (χ1n) is 6.71. The molecule has 0 fully saturated rings. The first-order chi connectivity index (χ1) is 10.2. The lowest BCUT2D eigenvalue weighted by atomic mass is 10.1. The molecule has 0 aliphatic rings. The van der Waals surface area contributed by atoms with Gasteiger partial charge < -0.3 is 5.73 Å². The quantitative estimate of drug-likeness (QED) is 0.583. The molecule has 0 spiro atoms. The van der Waals surface area contributed by atoms with Crippen LogP contribution in [0.5, 0.6) is 0 Å². The van der Waals surface area contributed by atoms with Crippen LogP contribution in [0.15, 0.2) is 59.6 Å². The van der Waals surface area contributed by atoms with Gasteiger partial charge in [0.15, 0.2) is 0 Å². The van der Waals surface area contributed by atoms with E-state index in [1.807, 2.05) is 66.1 Å². The number of anilines is 1. The minimum atomic E-state index is 0.584. The lowest BCUT2D eigenvalue weighted by Crippen LogP contribution is -1.99. The summed E-state index contributed by atoms with van der Waals surface area (Å²) in [5.74, 6) is 0.584. The summed E-state index contributed by atoms with van der Waals surface area (Å²) in [6.45, 7) is 5.62. The van der Waals surface area contributed by atoms with Crippen LogP contribution in [0.3, 0.4) is 0 Å². The standard InChI is InChI=1S/C17H16N4/c1-3-15(12-8-10-13(18)11-9-12)21-16-7-5-4-6-14(16)20-17(21)19-2/h3-11H,2,18H2,1H3/b15-3-. The molecule has 1 heterocycles. The molecule has 4 nitrogen and oxygen atoms in total. The predicted octanol–water partition coefficient (Wildman–Crippen LogP) is 3.86. The fourth-order valence-corrected chi connectivity index (χ4v) is 2.44. The van der Waals surface area contributed by atoms with Crippen molar-refractivity contribution in [2.45, 2.75) is 6.92 Å². The Kier molecular flexibility index (Phi) is 3.28. The van der Waals surface area contributed by atoms with Gasteiger partial charge in [0.1, 0.15) is 0 Å². The highest BCUT2D eigenvalue weighted by Crippen LogP contribution is 2.29. The number of imidazole rings is 1. The van der Waals surface area contributed by atoms with E-state index in [-0.39, 0.29) is 0 Å². The van der Waals surface area contributed by atoms with Gasteiger partial charge in [-0.05, 0) is 43.5 Å². The van der Waals surface area contributed by atoms with Crippen LogP contribution in [0.4, 0.5) is 11.6 Å². The smallest absolute Gasteiger partial charge is 0.234 e. The molecule has 0 amide bonds. The second-order valence-corrected chi connectivity index (χ2v) is 4.69. The highest BCUT2D eigenvalue weighted by atomic mass is 15.2. The van der Waals surface area contributed by atoms with Crippen molar-refractivity contribution >= 4 is 35.1 Å². The van der Waals surface area contributed by atoms with Crippen molar-refractivity contribution in [1.82, 2.24) is 9.55 Å². The summed E-state index contributed by atoms with van der Waals surface area (Å²) < 4.78 is 2.01. The number of aliphatic imine (C=N–C) groups is 1. The topological polar surface area (TPSA) is 56.2 Å².